The summed E-state index contributed by atoms with van der Waals surface area (Å²) in [5.74, 6) is 0.333. The molecular formula is C17H18N2O4S. The van der Waals surface area contributed by atoms with Crippen LogP contribution in [0, 0.1) is 0 Å². The Morgan fingerprint density at radius 2 is 1.88 bits per heavy atom. The molecule has 126 valence electrons. The quantitative estimate of drug-likeness (QED) is 0.755. The standard InChI is InChI=1S/C17H18N2O4S/c1-3-11-23-16-9-7-14(8-10-16)18-17(20)13-5-4-6-15(12-13)19-24(2,21)22/h3-10,12,19H,1,11H2,2H3,(H,18,20). The molecule has 0 saturated carbocycles. The summed E-state index contributed by atoms with van der Waals surface area (Å²) in [7, 11) is -3.39. The highest BCUT2D eigenvalue weighted by Crippen LogP contribution is 2.18. The van der Waals surface area contributed by atoms with Gasteiger partial charge in [0.15, 0.2) is 0 Å². The zero-order valence-corrected chi connectivity index (χ0v) is 14.0. The van der Waals surface area contributed by atoms with Crippen LogP contribution >= 0.6 is 0 Å². The summed E-state index contributed by atoms with van der Waals surface area (Å²) < 4.78 is 30.2. The van der Waals surface area contributed by atoms with Gasteiger partial charge in [0.25, 0.3) is 5.91 Å². The van der Waals surface area contributed by atoms with Crippen LogP contribution in [0.15, 0.2) is 61.2 Å². The molecule has 0 aromatic heterocycles. The van der Waals surface area contributed by atoms with Crippen LogP contribution in [0.5, 0.6) is 5.75 Å². The Labute approximate surface area is 141 Å². The predicted molar refractivity (Wildman–Crippen MR) is 95.0 cm³/mol. The Hall–Kier alpha value is -2.80. The molecule has 0 aliphatic rings. The summed E-state index contributed by atoms with van der Waals surface area (Å²) >= 11 is 0. The molecule has 1 amide bonds. The molecule has 2 aromatic rings. The fourth-order valence-corrected chi connectivity index (χ4v) is 2.49. The zero-order valence-electron chi connectivity index (χ0n) is 13.2. The molecule has 7 heteroatoms. The van der Waals surface area contributed by atoms with Crippen LogP contribution in [-0.4, -0.2) is 27.2 Å². The van der Waals surface area contributed by atoms with E-state index in [1.54, 1.807) is 48.5 Å². The minimum atomic E-state index is -3.39. The van der Waals surface area contributed by atoms with Gasteiger partial charge in [-0.15, -0.1) is 0 Å². The molecule has 2 rings (SSSR count). The molecule has 2 aromatic carbocycles. The summed E-state index contributed by atoms with van der Waals surface area (Å²) in [4.78, 5) is 12.3. The summed E-state index contributed by atoms with van der Waals surface area (Å²) in [6.45, 7) is 3.98. The Kier molecular flexibility index (Phi) is 5.59. The second kappa shape index (κ2) is 7.65. The van der Waals surface area contributed by atoms with Crippen molar-refractivity contribution in [2.75, 3.05) is 22.9 Å². The summed E-state index contributed by atoms with van der Waals surface area (Å²) in [6.07, 6.45) is 2.70. The van der Waals surface area contributed by atoms with E-state index in [0.29, 0.717) is 29.3 Å². The Morgan fingerprint density at radius 1 is 1.17 bits per heavy atom. The molecule has 0 aliphatic carbocycles. The number of hydrogen-bond acceptors (Lipinski definition) is 4. The predicted octanol–water partition coefficient (Wildman–Crippen LogP) is 2.88. The van der Waals surface area contributed by atoms with Crippen molar-refractivity contribution in [3.05, 3.63) is 66.7 Å². The number of hydrogen-bond donors (Lipinski definition) is 2. The molecule has 0 bridgehead atoms. The zero-order chi connectivity index (χ0) is 17.6. The Morgan fingerprint density at radius 3 is 2.50 bits per heavy atom. The lowest BCUT2D eigenvalue weighted by Crippen LogP contribution is -2.13. The highest BCUT2D eigenvalue weighted by atomic mass is 32.2. The van der Waals surface area contributed by atoms with E-state index in [2.05, 4.69) is 16.6 Å². The average molecular weight is 346 g/mol. The molecule has 6 nitrogen and oxygen atoms in total. The lowest BCUT2D eigenvalue weighted by Gasteiger charge is -2.09. The van der Waals surface area contributed by atoms with Gasteiger partial charge in [0.1, 0.15) is 12.4 Å². The molecule has 2 N–H and O–H groups in total. The van der Waals surface area contributed by atoms with Gasteiger partial charge < -0.3 is 10.1 Å². The number of carbonyl (C=O) groups excluding carboxylic acids is 1. The van der Waals surface area contributed by atoms with Crippen LogP contribution in [0.3, 0.4) is 0 Å². The van der Waals surface area contributed by atoms with E-state index < -0.39 is 10.0 Å². The van der Waals surface area contributed by atoms with Gasteiger partial charge >= 0.3 is 0 Å². The van der Waals surface area contributed by atoms with Gasteiger partial charge in [-0.2, -0.15) is 0 Å². The van der Waals surface area contributed by atoms with Crippen molar-refractivity contribution in [3.8, 4) is 5.75 Å². The van der Waals surface area contributed by atoms with Crippen molar-refractivity contribution in [1.29, 1.82) is 0 Å². The van der Waals surface area contributed by atoms with Crippen molar-refractivity contribution < 1.29 is 17.9 Å². The third-order valence-corrected chi connectivity index (χ3v) is 3.51. The van der Waals surface area contributed by atoms with E-state index in [1.807, 2.05) is 0 Å². The minimum Gasteiger partial charge on any atom is -0.490 e. The van der Waals surface area contributed by atoms with Gasteiger partial charge in [-0.3, -0.25) is 9.52 Å². The van der Waals surface area contributed by atoms with E-state index in [1.165, 1.54) is 6.07 Å². The van der Waals surface area contributed by atoms with Gasteiger partial charge in [-0.25, -0.2) is 8.42 Å². The molecular weight excluding hydrogens is 328 g/mol. The maximum absolute atomic E-state index is 12.3. The smallest absolute Gasteiger partial charge is 0.255 e. The number of carbonyl (C=O) groups is 1. The van der Waals surface area contributed by atoms with E-state index in [-0.39, 0.29) is 5.91 Å². The van der Waals surface area contributed by atoms with E-state index in [4.69, 9.17) is 4.74 Å². The maximum atomic E-state index is 12.3. The second-order valence-corrected chi connectivity index (χ2v) is 6.78. The van der Waals surface area contributed by atoms with E-state index in [9.17, 15) is 13.2 Å². The number of nitrogens with one attached hydrogen (secondary N) is 2. The largest absolute Gasteiger partial charge is 0.490 e. The highest BCUT2D eigenvalue weighted by Gasteiger charge is 2.09. The number of rotatable bonds is 7. The molecule has 0 unspecified atom stereocenters. The Balaban J connectivity index is 2.06. The SMILES string of the molecule is C=CCOc1ccc(NC(=O)c2cccc(NS(C)(=O)=O)c2)cc1. The number of anilines is 2. The van der Waals surface area contributed by atoms with Gasteiger partial charge in [-0.05, 0) is 42.5 Å². The van der Waals surface area contributed by atoms with Crippen molar-refractivity contribution in [2.45, 2.75) is 0 Å². The van der Waals surface area contributed by atoms with Crippen molar-refractivity contribution >= 4 is 27.3 Å². The Bertz CT molecular complexity index is 830. The third kappa shape index (κ3) is 5.44. The van der Waals surface area contributed by atoms with Crippen molar-refractivity contribution in [2.24, 2.45) is 0 Å². The molecule has 0 fully saturated rings. The van der Waals surface area contributed by atoms with Crippen molar-refractivity contribution in [3.63, 3.8) is 0 Å². The third-order valence-electron chi connectivity index (χ3n) is 2.91. The first kappa shape index (κ1) is 17.6. The second-order valence-electron chi connectivity index (χ2n) is 5.03. The van der Waals surface area contributed by atoms with Crippen LogP contribution in [0.2, 0.25) is 0 Å². The molecule has 0 heterocycles. The molecule has 24 heavy (non-hydrogen) atoms. The van der Waals surface area contributed by atoms with Gasteiger partial charge in [0, 0.05) is 16.9 Å². The fourth-order valence-electron chi connectivity index (χ4n) is 1.93. The summed E-state index contributed by atoms with van der Waals surface area (Å²) in [6, 6.07) is 13.2. The number of benzene rings is 2. The van der Waals surface area contributed by atoms with Crippen LogP contribution in [0.1, 0.15) is 10.4 Å². The molecule has 0 atom stereocenters. The van der Waals surface area contributed by atoms with E-state index >= 15 is 0 Å². The highest BCUT2D eigenvalue weighted by molar-refractivity contribution is 7.92. The molecule has 0 aliphatic heterocycles. The topological polar surface area (TPSA) is 84.5 Å². The van der Waals surface area contributed by atoms with Crippen molar-refractivity contribution in [1.82, 2.24) is 0 Å². The average Bonchev–Trinajstić information content (AvgIpc) is 2.53. The number of sulfonamides is 1. The molecule has 0 saturated heterocycles. The van der Waals surface area contributed by atoms with Gasteiger partial charge in [-0.1, -0.05) is 18.7 Å². The molecule has 0 radical (unpaired) electrons. The van der Waals surface area contributed by atoms with E-state index in [0.717, 1.165) is 6.26 Å². The van der Waals surface area contributed by atoms with Crippen LogP contribution < -0.4 is 14.8 Å². The van der Waals surface area contributed by atoms with Gasteiger partial charge in [0.05, 0.1) is 6.26 Å². The summed E-state index contributed by atoms with van der Waals surface area (Å²) in [5.41, 5.74) is 1.28. The lowest BCUT2D eigenvalue weighted by molar-refractivity contribution is 0.102. The van der Waals surface area contributed by atoms with Crippen LogP contribution in [-0.2, 0) is 10.0 Å². The fraction of sp³-hybridized carbons (Fsp3) is 0.118. The molecule has 0 spiro atoms. The normalized spacial score (nSPS) is 10.7. The van der Waals surface area contributed by atoms with Crippen LogP contribution in [0.4, 0.5) is 11.4 Å². The first-order chi connectivity index (χ1) is 11.4. The van der Waals surface area contributed by atoms with Crippen LogP contribution in [0.25, 0.3) is 0 Å². The maximum Gasteiger partial charge on any atom is 0.255 e. The summed E-state index contributed by atoms with van der Waals surface area (Å²) in [5, 5.41) is 2.74. The minimum absolute atomic E-state index is 0.332. The van der Waals surface area contributed by atoms with Gasteiger partial charge in [0.2, 0.25) is 10.0 Å². The number of ether oxygens (including phenoxy) is 1. The lowest BCUT2D eigenvalue weighted by atomic mass is 10.2. The monoisotopic (exact) mass is 346 g/mol. The first-order valence-corrected chi connectivity index (χ1v) is 8.99. The number of amides is 1. The first-order valence-electron chi connectivity index (χ1n) is 7.10.